The van der Waals surface area contributed by atoms with E-state index in [1.165, 1.54) is 12.1 Å². The summed E-state index contributed by atoms with van der Waals surface area (Å²) in [5.41, 5.74) is 0.496. The fourth-order valence-corrected chi connectivity index (χ4v) is 4.23. The zero-order chi connectivity index (χ0) is 25.2. The van der Waals surface area contributed by atoms with E-state index in [1.54, 1.807) is 12.1 Å². The number of anilines is 1. The van der Waals surface area contributed by atoms with Crippen molar-refractivity contribution in [1.29, 1.82) is 0 Å². The van der Waals surface area contributed by atoms with Gasteiger partial charge in [-0.25, -0.2) is 0 Å². The molecule has 35 heavy (non-hydrogen) atoms. The van der Waals surface area contributed by atoms with Crippen molar-refractivity contribution >= 4 is 17.3 Å². The number of nitrogens with zero attached hydrogens (tertiary/aromatic N) is 5. The van der Waals surface area contributed by atoms with Crippen LogP contribution in [0.1, 0.15) is 41.7 Å². The lowest BCUT2D eigenvalue weighted by atomic mass is 10.1. The first kappa shape index (κ1) is 24.5. The van der Waals surface area contributed by atoms with Gasteiger partial charge in [0.05, 0.1) is 23.1 Å². The SMILES string of the molecule is Cc1nnc([C@H]2CCCN2C(=C[N+](=O)[O-])Nc2ccc(C(F)(F)F)cc2)n1Cc1ccc(Cl)cc1. The summed E-state index contributed by atoms with van der Waals surface area (Å²) in [5, 5.41) is 23.5. The zero-order valence-electron chi connectivity index (χ0n) is 18.7. The van der Waals surface area contributed by atoms with Crippen LogP contribution in [0.2, 0.25) is 5.02 Å². The van der Waals surface area contributed by atoms with Crippen molar-refractivity contribution < 1.29 is 18.1 Å². The Morgan fingerprint density at radius 2 is 1.89 bits per heavy atom. The molecule has 0 radical (unpaired) electrons. The minimum Gasteiger partial charge on any atom is -0.343 e. The Labute approximate surface area is 204 Å². The van der Waals surface area contributed by atoms with Crippen LogP contribution < -0.4 is 5.32 Å². The van der Waals surface area contributed by atoms with E-state index in [9.17, 15) is 23.3 Å². The molecule has 3 aromatic rings. The molecule has 4 rings (SSSR count). The van der Waals surface area contributed by atoms with Crippen LogP contribution in [-0.2, 0) is 12.7 Å². The molecule has 1 N–H and O–H groups in total. The number of benzene rings is 2. The van der Waals surface area contributed by atoms with Crippen molar-refractivity contribution in [2.75, 3.05) is 11.9 Å². The first-order valence-corrected chi connectivity index (χ1v) is 11.2. The molecule has 184 valence electrons. The lowest BCUT2D eigenvalue weighted by Crippen LogP contribution is -2.29. The van der Waals surface area contributed by atoms with Gasteiger partial charge in [0.1, 0.15) is 5.82 Å². The average molecular weight is 507 g/mol. The van der Waals surface area contributed by atoms with Gasteiger partial charge in [-0.15, -0.1) is 10.2 Å². The van der Waals surface area contributed by atoms with Gasteiger partial charge in [0.2, 0.25) is 0 Å². The molecule has 0 aliphatic carbocycles. The third-order valence-corrected chi connectivity index (χ3v) is 6.04. The third kappa shape index (κ3) is 5.73. The number of rotatable bonds is 7. The van der Waals surface area contributed by atoms with Crippen molar-refractivity contribution in [3.05, 3.63) is 98.5 Å². The summed E-state index contributed by atoms with van der Waals surface area (Å²) < 4.78 is 40.7. The predicted octanol–water partition coefficient (Wildman–Crippen LogP) is 5.63. The summed E-state index contributed by atoms with van der Waals surface area (Å²) in [4.78, 5) is 12.6. The molecule has 8 nitrogen and oxygen atoms in total. The topological polar surface area (TPSA) is 89.1 Å². The van der Waals surface area contributed by atoms with Crippen LogP contribution in [-0.4, -0.2) is 31.1 Å². The summed E-state index contributed by atoms with van der Waals surface area (Å²) in [6.07, 6.45) is -2.21. The second-order valence-corrected chi connectivity index (χ2v) is 8.61. The molecule has 1 atom stereocenters. The zero-order valence-corrected chi connectivity index (χ0v) is 19.4. The molecule has 0 unspecified atom stereocenters. The summed E-state index contributed by atoms with van der Waals surface area (Å²) in [6, 6.07) is 11.4. The maximum Gasteiger partial charge on any atom is 0.416 e. The molecule has 1 fully saturated rings. The first-order chi connectivity index (χ1) is 16.6. The number of likely N-dealkylation sites (tertiary alicyclic amines) is 1. The number of aryl methyl sites for hydroxylation is 1. The minimum atomic E-state index is -4.47. The van der Waals surface area contributed by atoms with E-state index in [2.05, 4.69) is 15.5 Å². The number of hydrogen-bond donors (Lipinski definition) is 1. The van der Waals surface area contributed by atoms with E-state index in [4.69, 9.17) is 11.6 Å². The second-order valence-electron chi connectivity index (χ2n) is 8.17. The minimum absolute atomic E-state index is 0.163. The highest BCUT2D eigenvalue weighted by molar-refractivity contribution is 6.30. The Balaban J connectivity index is 1.62. The highest BCUT2D eigenvalue weighted by Gasteiger charge is 2.34. The van der Waals surface area contributed by atoms with Crippen LogP contribution in [0.25, 0.3) is 0 Å². The molecule has 0 amide bonds. The lowest BCUT2D eigenvalue weighted by molar-refractivity contribution is -0.404. The summed E-state index contributed by atoms with van der Waals surface area (Å²) >= 11 is 5.99. The standard InChI is InChI=1S/C23H22ClF3N6O2/c1-15-29-30-22(32(15)13-16-4-8-18(24)9-5-16)20-3-2-12-31(20)21(14-33(34)35)28-19-10-6-17(7-11-19)23(25,26)27/h4-11,14,20,28H,2-3,12-13H2,1H3/t20-/m1/s1. The maximum absolute atomic E-state index is 12.9. The van der Waals surface area contributed by atoms with E-state index < -0.39 is 16.7 Å². The number of alkyl halides is 3. The van der Waals surface area contributed by atoms with Crippen LogP contribution in [0.3, 0.4) is 0 Å². The number of hydrogen-bond acceptors (Lipinski definition) is 6. The van der Waals surface area contributed by atoms with Gasteiger partial charge >= 0.3 is 6.18 Å². The van der Waals surface area contributed by atoms with E-state index >= 15 is 0 Å². The molecule has 0 bridgehead atoms. The van der Waals surface area contributed by atoms with Crippen LogP contribution in [0, 0.1) is 17.0 Å². The van der Waals surface area contributed by atoms with Gasteiger partial charge in [-0.2, -0.15) is 13.2 Å². The van der Waals surface area contributed by atoms with Crippen molar-refractivity contribution in [1.82, 2.24) is 19.7 Å². The lowest BCUT2D eigenvalue weighted by Gasteiger charge is -2.28. The number of nitrogens with one attached hydrogen (secondary N) is 1. The number of aromatic nitrogens is 3. The van der Waals surface area contributed by atoms with Crippen LogP contribution >= 0.6 is 11.6 Å². The second kappa shape index (κ2) is 9.95. The fourth-order valence-electron chi connectivity index (χ4n) is 4.10. The summed E-state index contributed by atoms with van der Waals surface area (Å²) in [6.45, 7) is 2.83. The Morgan fingerprint density at radius 1 is 1.20 bits per heavy atom. The quantitative estimate of drug-likeness (QED) is 0.330. The van der Waals surface area contributed by atoms with Gasteiger partial charge in [-0.1, -0.05) is 23.7 Å². The predicted molar refractivity (Wildman–Crippen MR) is 124 cm³/mol. The van der Waals surface area contributed by atoms with Crippen molar-refractivity contribution in [2.45, 2.75) is 38.5 Å². The fraction of sp³-hybridized carbons (Fsp3) is 0.304. The molecular formula is C23H22ClF3N6O2. The number of nitro groups is 1. The smallest absolute Gasteiger partial charge is 0.343 e. The van der Waals surface area contributed by atoms with Crippen molar-refractivity contribution in [3.63, 3.8) is 0 Å². The van der Waals surface area contributed by atoms with E-state index in [-0.39, 0.29) is 11.9 Å². The Kier molecular flexibility index (Phi) is 6.97. The Bertz CT molecular complexity index is 1230. The molecule has 12 heteroatoms. The molecule has 0 saturated carbocycles. The highest BCUT2D eigenvalue weighted by Crippen LogP contribution is 2.36. The van der Waals surface area contributed by atoms with Crippen molar-refractivity contribution in [3.8, 4) is 0 Å². The monoisotopic (exact) mass is 506 g/mol. The molecule has 1 saturated heterocycles. The number of halogens is 4. The van der Waals surface area contributed by atoms with E-state index in [0.29, 0.717) is 41.9 Å². The average Bonchev–Trinajstić information content (AvgIpc) is 3.41. The highest BCUT2D eigenvalue weighted by atomic mass is 35.5. The molecular weight excluding hydrogens is 485 g/mol. The van der Waals surface area contributed by atoms with Crippen LogP contribution in [0.15, 0.2) is 60.6 Å². The normalized spacial score (nSPS) is 16.5. The van der Waals surface area contributed by atoms with Gasteiger partial charge in [0.25, 0.3) is 6.20 Å². The van der Waals surface area contributed by atoms with Gasteiger partial charge < -0.3 is 14.8 Å². The first-order valence-electron chi connectivity index (χ1n) is 10.8. The van der Waals surface area contributed by atoms with E-state index in [0.717, 1.165) is 30.3 Å². The maximum atomic E-state index is 12.9. The largest absolute Gasteiger partial charge is 0.416 e. The van der Waals surface area contributed by atoms with Crippen molar-refractivity contribution in [2.24, 2.45) is 0 Å². The molecule has 0 spiro atoms. The summed E-state index contributed by atoms with van der Waals surface area (Å²) in [7, 11) is 0. The molecule has 1 aliphatic rings. The molecule has 2 aromatic carbocycles. The molecule has 2 heterocycles. The molecule has 1 aromatic heterocycles. The van der Waals surface area contributed by atoms with Crippen LogP contribution in [0.5, 0.6) is 0 Å². The van der Waals surface area contributed by atoms with Gasteiger partial charge in [-0.3, -0.25) is 10.1 Å². The van der Waals surface area contributed by atoms with Gasteiger partial charge in [0, 0.05) is 17.3 Å². The van der Waals surface area contributed by atoms with Gasteiger partial charge in [-0.05, 0) is 61.7 Å². The Hall–Kier alpha value is -3.60. The van der Waals surface area contributed by atoms with Crippen LogP contribution in [0.4, 0.5) is 18.9 Å². The Morgan fingerprint density at radius 3 is 2.51 bits per heavy atom. The summed E-state index contributed by atoms with van der Waals surface area (Å²) in [5.74, 6) is 1.51. The molecule has 1 aliphatic heterocycles. The van der Waals surface area contributed by atoms with E-state index in [1.807, 2.05) is 28.5 Å². The third-order valence-electron chi connectivity index (χ3n) is 5.79. The van der Waals surface area contributed by atoms with Gasteiger partial charge in [0.15, 0.2) is 11.6 Å².